The third-order valence-corrected chi connectivity index (χ3v) is 3.68. The minimum Gasteiger partial charge on any atom is -0.494 e. The number of sulfonamides is 1. The second-order valence-electron chi connectivity index (χ2n) is 3.67. The summed E-state index contributed by atoms with van der Waals surface area (Å²) in [5, 5.41) is 9.13. The van der Waals surface area contributed by atoms with Crippen LogP contribution in [0.1, 0.15) is 6.92 Å². The molecule has 106 valence electrons. The van der Waals surface area contributed by atoms with Crippen LogP contribution in [0.3, 0.4) is 0 Å². The standard InChI is InChI=1S/C11H16N2O5S/c1-2-18-8-3-5-9(6-4-8)19(16,17)13-7-10(14)11(12)15/h3-6,10,13-14H,2,7H2,1H3,(H2,12,15). The van der Waals surface area contributed by atoms with Crippen LogP contribution in [-0.4, -0.2) is 38.7 Å². The van der Waals surface area contributed by atoms with Crippen molar-refractivity contribution in [3.05, 3.63) is 24.3 Å². The van der Waals surface area contributed by atoms with E-state index >= 15 is 0 Å². The van der Waals surface area contributed by atoms with Crippen molar-refractivity contribution in [1.82, 2.24) is 4.72 Å². The van der Waals surface area contributed by atoms with Crippen molar-refractivity contribution in [2.45, 2.75) is 17.9 Å². The lowest BCUT2D eigenvalue weighted by atomic mass is 10.3. The molecule has 1 aromatic carbocycles. The number of nitrogens with one attached hydrogen (secondary N) is 1. The van der Waals surface area contributed by atoms with Crippen molar-refractivity contribution in [1.29, 1.82) is 0 Å². The minimum atomic E-state index is -3.79. The van der Waals surface area contributed by atoms with Crippen LogP contribution in [0.4, 0.5) is 0 Å². The fraction of sp³-hybridized carbons (Fsp3) is 0.364. The summed E-state index contributed by atoms with van der Waals surface area (Å²) < 4.78 is 30.9. The normalized spacial score (nSPS) is 12.9. The molecule has 1 aromatic rings. The van der Waals surface area contributed by atoms with E-state index < -0.39 is 28.6 Å². The summed E-state index contributed by atoms with van der Waals surface area (Å²) >= 11 is 0. The number of rotatable bonds is 7. The molecule has 0 radical (unpaired) electrons. The first kappa shape index (κ1) is 15.4. The van der Waals surface area contributed by atoms with Crippen LogP contribution >= 0.6 is 0 Å². The SMILES string of the molecule is CCOc1ccc(S(=O)(=O)NCC(O)C(N)=O)cc1. The van der Waals surface area contributed by atoms with Crippen molar-refractivity contribution in [2.24, 2.45) is 5.73 Å². The molecule has 1 atom stereocenters. The monoisotopic (exact) mass is 288 g/mol. The molecule has 0 fully saturated rings. The smallest absolute Gasteiger partial charge is 0.247 e. The number of amides is 1. The molecule has 4 N–H and O–H groups in total. The van der Waals surface area contributed by atoms with Gasteiger partial charge in [0.05, 0.1) is 11.5 Å². The number of carbonyl (C=O) groups excluding carboxylic acids is 1. The van der Waals surface area contributed by atoms with Crippen molar-refractivity contribution < 1.29 is 23.1 Å². The zero-order valence-electron chi connectivity index (χ0n) is 10.4. The number of benzene rings is 1. The van der Waals surface area contributed by atoms with Crippen LogP contribution in [0.15, 0.2) is 29.2 Å². The van der Waals surface area contributed by atoms with Crippen LogP contribution in [0.2, 0.25) is 0 Å². The van der Waals surface area contributed by atoms with Gasteiger partial charge in [0.1, 0.15) is 11.9 Å². The number of primary amides is 1. The van der Waals surface area contributed by atoms with Gasteiger partial charge in [-0.05, 0) is 31.2 Å². The number of aliphatic hydroxyl groups excluding tert-OH is 1. The Morgan fingerprint density at radius 3 is 2.47 bits per heavy atom. The number of carbonyl (C=O) groups is 1. The first-order chi connectivity index (χ1) is 8.86. The first-order valence-electron chi connectivity index (χ1n) is 5.56. The van der Waals surface area contributed by atoms with Crippen molar-refractivity contribution in [2.75, 3.05) is 13.2 Å². The van der Waals surface area contributed by atoms with E-state index in [4.69, 9.17) is 15.6 Å². The second-order valence-corrected chi connectivity index (χ2v) is 5.44. The van der Waals surface area contributed by atoms with Gasteiger partial charge in [0, 0.05) is 6.54 Å². The molecule has 19 heavy (non-hydrogen) atoms. The number of nitrogens with two attached hydrogens (primary N) is 1. The third kappa shape index (κ3) is 4.51. The van der Waals surface area contributed by atoms with E-state index in [1.165, 1.54) is 24.3 Å². The third-order valence-electron chi connectivity index (χ3n) is 2.24. The van der Waals surface area contributed by atoms with E-state index in [1.807, 2.05) is 6.92 Å². The average molecular weight is 288 g/mol. The molecule has 0 spiro atoms. The highest BCUT2D eigenvalue weighted by Crippen LogP contribution is 2.15. The largest absolute Gasteiger partial charge is 0.494 e. The lowest BCUT2D eigenvalue weighted by molar-refractivity contribution is -0.125. The Hall–Kier alpha value is -1.64. The molecule has 8 heteroatoms. The highest BCUT2D eigenvalue weighted by atomic mass is 32.2. The van der Waals surface area contributed by atoms with Crippen molar-refractivity contribution in [3.8, 4) is 5.75 Å². The second kappa shape index (κ2) is 6.50. The molecular weight excluding hydrogens is 272 g/mol. The number of hydrogen-bond donors (Lipinski definition) is 3. The quantitative estimate of drug-likeness (QED) is 0.607. The van der Waals surface area contributed by atoms with E-state index in [0.717, 1.165) is 0 Å². The lowest BCUT2D eigenvalue weighted by Gasteiger charge is -2.10. The first-order valence-corrected chi connectivity index (χ1v) is 7.05. The van der Waals surface area contributed by atoms with Gasteiger partial charge in [0.2, 0.25) is 15.9 Å². The Bertz CT molecular complexity index is 527. The highest BCUT2D eigenvalue weighted by Gasteiger charge is 2.18. The van der Waals surface area contributed by atoms with Gasteiger partial charge in [-0.25, -0.2) is 13.1 Å². The van der Waals surface area contributed by atoms with Crippen LogP contribution in [-0.2, 0) is 14.8 Å². The topological polar surface area (TPSA) is 119 Å². The summed E-state index contributed by atoms with van der Waals surface area (Å²) in [6.07, 6.45) is -1.56. The van der Waals surface area contributed by atoms with Crippen LogP contribution in [0.25, 0.3) is 0 Å². The predicted octanol–water partition coefficient (Wildman–Crippen LogP) is -0.790. The molecule has 0 aliphatic heterocycles. The molecule has 1 unspecified atom stereocenters. The van der Waals surface area contributed by atoms with E-state index in [-0.39, 0.29) is 4.90 Å². The average Bonchev–Trinajstić information content (AvgIpc) is 2.37. The summed E-state index contributed by atoms with van der Waals surface area (Å²) in [4.78, 5) is 10.6. The number of ether oxygens (including phenoxy) is 1. The Balaban J connectivity index is 2.74. The molecule has 7 nitrogen and oxygen atoms in total. The van der Waals surface area contributed by atoms with Gasteiger partial charge >= 0.3 is 0 Å². The zero-order valence-corrected chi connectivity index (χ0v) is 11.2. The number of aliphatic hydroxyl groups is 1. The maximum absolute atomic E-state index is 11.8. The van der Waals surface area contributed by atoms with Gasteiger partial charge in [0.15, 0.2) is 0 Å². The number of hydrogen-bond acceptors (Lipinski definition) is 5. The molecule has 0 bridgehead atoms. The van der Waals surface area contributed by atoms with Gasteiger partial charge in [-0.15, -0.1) is 0 Å². The van der Waals surface area contributed by atoms with Crippen LogP contribution < -0.4 is 15.2 Å². The molecule has 0 aromatic heterocycles. The molecule has 0 saturated heterocycles. The maximum atomic E-state index is 11.8. The van der Waals surface area contributed by atoms with E-state index in [2.05, 4.69) is 4.72 Å². The van der Waals surface area contributed by atoms with E-state index in [0.29, 0.717) is 12.4 Å². The summed E-state index contributed by atoms with van der Waals surface area (Å²) in [5.41, 5.74) is 4.82. The van der Waals surface area contributed by atoms with Crippen molar-refractivity contribution >= 4 is 15.9 Å². The molecule has 0 aliphatic rings. The van der Waals surface area contributed by atoms with Gasteiger partial charge in [-0.3, -0.25) is 4.79 Å². The fourth-order valence-corrected chi connectivity index (χ4v) is 2.29. The molecule has 1 rings (SSSR count). The van der Waals surface area contributed by atoms with Crippen molar-refractivity contribution in [3.63, 3.8) is 0 Å². The summed E-state index contributed by atoms with van der Waals surface area (Å²) in [7, 11) is -3.79. The summed E-state index contributed by atoms with van der Waals surface area (Å²) in [6.45, 7) is 1.83. The molecule has 0 saturated carbocycles. The molecule has 1 amide bonds. The minimum absolute atomic E-state index is 0.00706. The molecule has 0 aliphatic carbocycles. The van der Waals surface area contributed by atoms with Gasteiger partial charge in [0.25, 0.3) is 0 Å². The molecular formula is C11H16N2O5S. The highest BCUT2D eigenvalue weighted by molar-refractivity contribution is 7.89. The van der Waals surface area contributed by atoms with E-state index in [9.17, 15) is 13.2 Å². The Morgan fingerprint density at radius 2 is 2.00 bits per heavy atom. The van der Waals surface area contributed by atoms with Gasteiger partial charge in [-0.2, -0.15) is 0 Å². The maximum Gasteiger partial charge on any atom is 0.247 e. The zero-order chi connectivity index (χ0) is 14.5. The Labute approximate surface area is 111 Å². The fourth-order valence-electron chi connectivity index (χ4n) is 1.25. The Morgan fingerprint density at radius 1 is 1.42 bits per heavy atom. The summed E-state index contributed by atoms with van der Waals surface area (Å²) in [5.74, 6) is -0.437. The van der Waals surface area contributed by atoms with Gasteiger partial charge < -0.3 is 15.6 Å². The Kier molecular flexibility index (Phi) is 5.28. The summed E-state index contributed by atoms with van der Waals surface area (Å²) in [6, 6.07) is 5.76. The molecule has 0 heterocycles. The lowest BCUT2D eigenvalue weighted by Crippen LogP contribution is -2.39. The van der Waals surface area contributed by atoms with Crippen LogP contribution in [0, 0.1) is 0 Å². The van der Waals surface area contributed by atoms with Crippen LogP contribution in [0.5, 0.6) is 5.75 Å². The van der Waals surface area contributed by atoms with Gasteiger partial charge in [-0.1, -0.05) is 0 Å². The van der Waals surface area contributed by atoms with E-state index in [1.54, 1.807) is 0 Å². The predicted molar refractivity (Wildman–Crippen MR) is 68.0 cm³/mol.